The quantitative estimate of drug-likeness (QED) is 0.139. The van der Waals surface area contributed by atoms with E-state index in [1.807, 2.05) is 84.4 Å². The highest BCUT2D eigenvalue weighted by Crippen LogP contribution is 2.30. The fourth-order valence-corrected chi connectivity index (χ4v) is 4.75. The van der Waals surface area contributed by atoms with Crippen molar-refractivity contribution in [2.45, 2.75) is 6.61 Å². The highest BCUT2D eigenvalue weighted by molar-refractivity contribution is 7.09. The largest absolute Gasteiger partial charge is 0.495 e. The molecule has 1 heterocycles. The van der Waals surface area contributed by atoms with Crippen molar-refractivity contribution in [1.82, 2.24) is 4.98 Å². The molecule has 186 valence electrons. The lowest BCUT2D eigenvalue weighted by molar-refractivity contribution is 0.305. The van der Waals surface area contributed by atoms with E-state index in [1.165, 1.54) is 0 Å². The van der Waals surface area contributed by atoms with Gasteiger partial charge in [0.1, 0.15) is 23.1 Å². The number of hydrogen-bond donors (Lipinski definition) is 0. The average Bonchev–Trinajstić information content (AvgIpc) is 3.40. The van der Waals surface area contributed by atoms with E-state index in [2.05, 4.69) is 9.89 Å². The Morgan fingerprint density at radius 1 is 0.972 bits per heavy atom. The van der Waals surface area contributed by atoms with Crippen molar-refractivity contribution in [3.05, 3.63) is 88.7 Å². The highest BCUT2D eigenvalue weighted by Gasteiger charge is 2.12. The first-order valence-corrected chi connectivity index (χ1v) is 13.5. The SMILES string of the molecule is COc1cc(C=Nc2ccc(-c3csc(COc4ccccc4)n3)cc2)ccc1N(CCCl)CCCl. The van der Waals surface area contributed by atoms with Gasteiger partial charge in [-0.15, -0.1) is 34.5 Å². The molecule has 0 saturated carbocycles. The number of alkyl halides is 2. The zero-order valence-corrected chi connectivity index (χ0v) is 22.3. The maximum Gasteiger partial charge on any atom is 0.142 e. The van der Waals surface area contributed by atoms with E-state index >= 15 is 0 Å². The number of benzene rings is 3. The molecule has 0 aliphatic heterocycles. The molecule has 0 saturated heterocycles. The van der Waals surface area contributed by atoms with Gasteiger partial charge in [0, 0.05) is 42.0 Å². The lowest BCUT2D eigenvalue weighted by Crippen LogP contribution is -2.28. The van der Waals surface area contributed by atoms with Crippen LogP contribution >= 0.6 is 34.5 Å². The Kier molecular flexibility index (Phi) is 9.61. The van der Waals surface area contributed by atoms with Gasteiger partial charge < -0.3 is 14.4 Å². The number of aromatic nitrogens is 1. The van der Waals surface area contributed by atoms with Crippen LogP contribution in [0.15, 0.2) is 83.2 Å². The van der Waals surface area contributed by atoms with Crippen molar-refractivity contribution in [3.63, 3.8) is 0 Å². The minimum absolute atomic E-state index is 0.453. The molecule has 8 heteroatoms. The third-order valence-corrected chi connectivity index (χ3v) is 6.60. The fraction of sp³-hybridized carbons (Fsp3) is 0.214. The van der Waals surface area contributed by atoms with Crippen LogP contribution in [0.25, 0.3) is 11.3 Å². The van der Waals surface area contributed by atoms with E-state index in [0.29, 0.717) is 31.5 Å². The van der Waals surface area contributed by atoms with E-state index in [-0.39, 0.29) is 0 Å². The number of nitrogens with zero attached hydrogens (tertiary/aromatic N) is 3. The molecule has 5 nitrogen and oxygen atoms in total. The number of anilines is 1. The summed E-state index contributed by atoms with van der Waals surface area (Å²) in [6.45, 7) is 1.85. The molecule has 0 spiro atoms. The van der Waals surface area contributed by atoms with Crippen molar-refractivity contribution < 1.29 is 9.47 Å². The van der Waals surface area contributed by atoms with Crippen molar-refractivity contribution in [2.75, 3.05) is 36.9 Å². The molecule has 0 radical (unpaired) electrons. The van der Waals surface area contributed by atoms with Gasteiger partial charge in [0.25, 0.3) is 0 Å². The summed E-state index contributed by atoms with van der Waals surface area (Å²) in [7, 11) is 1.66. The second-order valence-electron chi connectivity index (χ2n) is 7.83. The van der Waals surface area contributed by atoms with E-state index in [1.54, 1.807) is 18.4 Å². The van der Waals surface area contributed by atoms with Gasteiger partial charge in [0.2, 0.25) is 0 Å². The van der Waals surface area contributed by atoms with Gasteiger partial charge in [0.15, 0.2) is 0 Å². The molecule has 4 aromatic rings. The highest BCUT2D eigenvalue weighted by atomic mass is 35.5. The molecule has 0 fully saturated rings. The Hall–Kier alpha value is -3.06. The summed E-state index contributed by atoms with van der Waals surface area (Å²) in [4.78, 5) is 11.5. The minimum atomic E-state index is 0.453. The number of aliphatic imine (C=N–C) groups is 1. The molecule has 0 aliphatic carbocycles. The second kappa shape index (κ2) is 13.3. The lowest BCUT2D eigenvalue weighted by atomic mass is 10.1. The van der Waals surface area contributed by atoms with E-state index in [0.717, 1.165) is 44.7 Å². The maximum absolute atomic E-state index is 5.96. The second-order valence-corrected chi connectivity index (χ2v) is 9.53. The Morgan fingerprint density at radius 2 is 1.72 bits per heavy atom. The Morgan fingerprint density at radius 3 is 2.42 bits per heavy atom. The molecule has 3 aromatic carbocycles. The predicted molar refractivity (Wildman–Crippen MR) is 152 cm³/mol. The number of hydrogen-bond acceptors (Lipinski definition) is 6. The van der Waals surface area contributed by atoms with Crippen molar-refractivity contribution >= 4 is 52.1 Å². The van der Waals surface area contributed by atoms with Crippen molar-refractivity contribution in [2.24, 2.45) is 4.99 Å². The summed E-state index contributed by atoms with van der Waals surface area (Å²) < 4.78 is 11.4. The molecule has 0 atom stereocenters. The molecule has 0 unspecified atom stereocenters. The Balaban J connectivity index is 1.40. The number of methoxy groups -OCH3 is 1. The Bertz CT molecular complexity index is 1260. The van der Waals surface area contributed by atoms with Gasteiger partial charge >= 0.3 is 0 Å². The van der Waals surface area contributed by atoms with Crippen LogP contribution in [0.5, 0.6) is 11.5 Å². The van der Waals surface area contributed by atoms with Gasteiger partial charge in [-0.05, 0) is 42.0 Å². The molecule has 0 aliphatic rings. The first-order valence-electron chi connectivity index (χ1n) is 11.5. The third kappa shape index (κ3) is 7.00. The van der Waals surface area contributed by atoms with Crippen molar-refractivity contribution in [3.8, 4) is 22.8 Å². The first kappa shape index (κ1) is 26.0. The van der Waals surface area contributed by atoms with E-state index in [4.69, 9.17) is 37.7 Å². The van der Waals surface area contributed by atoms with Crippen LogP contribution in [-0.2, 0) is 6.61 Å². The molecule has 0 bridgehead atoms. The van der Waals surface area contributed by atoms with Crippen LogP contribution < -0.4 is 14.4 Å². The molecular formula is C28H27Cl2N3O2S. The first-order chi connectivity index (χ1) is 17.7. The van der Waals surface area contributed by atoms with Crippen LogP contribution in [0.1, 0.15) is 10.6 Å². The van der Waals surface area contributed by atoms with Crippen LogP contribution in [0.4, 0.5) is 11.4 Å². The zero-order chi connectivity index (χ0) is 25.2. The van der Waals surface area contributed by atoms with Gasteiger partial charge in [-0.2, -0.15) is 0 Å². The summed E-state index contributed by atoms with van der Waals surface area (Å²) in [5.74, 6) is 2.64. The zero-order valence-electron chi connectivity index (χ0n) is 19.9. The van der Waals surface area contributed by atoms with Gasteiger partial charge in [-0.25, -0.2) is 4.98 Å². The molecule has 1 aromatic heterocycles. The maximum atomic E-state index is 5.96. The molecule has 0 N–H and O–H groups in total. The normalized spacial score (nSPS) is 11.1. The Labute approximate surface area is 226 Å². The number of rotatable bonds is 12. The van der Waals surface area contributed by atoms with E-state index in [9.17, 15) is 0 Å². The summed E-state index contributed by atoms with van der Waals surface area (Å²) in [6.07, 6.45) is 1.83. The topological polar surface area (TPSA) is 47.0 Å². The molecule has 0 amide bonds. The summed E-state index contributed by atoms with van der Waals surface area (Å²) >= 11 is 13.5. The summed E-state index contributed by atoms with van der Waals surface area (Å²) in [5, 5.41) is 2.98. The van der Waals surface area contributed by atoms with Gasteiger partial charge in [-0.3, -0.25) is 4.99 Å². The van der Waals surface area contributed by atoms with E-state index < -0.39 is 0 Å². The average molecular weight is 541 g/mol. The molecule has 4 rings (SSSR count). The van der Waals surface area contributed by atoms with Crippen LogP contribution in [0, 0.1) is 0 Å². The third-order valence-electron chi connectivity index (χ3n) is 5.44. The fourth-order valence-electron chi connectivity index (χ4n) is 3.63. The number of halogens is 2. The minimum Gasteiger partial charge on any atom is -0.495 e. The number of thiazole rings is 1. The summed E-state index contributed by atoms with van der Waals surface area (Å²) in [5.41, 5.74) is 4.74. The molecular weight excluding hydrogens is 513 g/mol. The monoisotopic (exact) mass is 539 g/mol. The van der Waals surface area contributed by atoms with Crippen LogP contribution in [-0.4, -0.2) is 43.2 Å². The smallest absolute Gasteiger partial charge is 0.142 e. The summed E-state index contributed by atoms with van der Waals surface area (Å²) in [6, 6.07) is 23.8. The predicted octanol–water partition coefficient (Wildman–Crippen LogP) is 7.43. The van der Waals surface area contributed by atoms with Crippen LogP contribution in [0.2, 0.25) is 0 Å². The van der Waals surface area contributed by atoms with Gasteiger partial charge in [0.05, 0.1) is 24.2 Å². The number of para-hydroxylation sites is 1. The van der Waals surface area contributed by atoms with Gasteiger partial charge in [-0.1, -0.05) is 36.4 Å². The standard InChI is InChI=1S/C28H27Cl2N3O2S/c1-34-27-17-21(7-12-26(27)33(15-13-29)16-14-30)18-31-23-10-8-22(9-11-23)25-20-36-28(32-25)19-35-24-5-3-2-4-6-24/h2-12,17-18,20H,13-16,19H2,1H3. The number of ether oxygens (including phenoxy) is 2. The van der Waals surface area contributed by atoms with Crippen LogP contribution in [0.3, 0.4) is 0 Å². The lowest BCUT2D eigenvalue weighted by Gasteiger charge is -2.25. The van der Waals surface area contributed by atoms with Crippen molar-refractivity contribution in [1.29, 1.82) is 0 Å². The molecule has 36 heavy (non-hydrogen) atoms.